The van der Waals surface area contributed by atoms with Crippen molar-refractivity contribution in [1.29, 1.82) is 5.26 Å². The minimum atomic E-state index is -3.72. The van der Waals surface area contributed by atoms with Crippen molar-refractivity contribution >= 4 is 10.0 Å². The monoisotopic (exact) mass is 281 g/mol. The number of nitriles is 1. The molecule has 1 fully saturated rings. The van der Waals surface area contributed by atoms with Crippen molar-refractivity contribution in [1.82, 2.24) is 9.29 Å². The van der Waals surface area contributed by atoms with E-state index in [0.717, 1.165) is 0 Å². The molecule has 0 unspecified atom stereocenters. The fourth-order valence-electron chi connectivity index (χ4n) is 2.03. The van der Waals surface area contributed by atoms with Crippen LogP contribution in [-0.4, -0.2) is 41.5 Å². The summed E-state index contributed by atoms with van der Waals surface area (Å²) < 4.78 is 26.2. The van der Waals surface area contributed by atoms with Gasteiger partial charge in [-0.3, -0.25) is 0 Å². The van der Waals surface area contributed by atoms with E-state index >= 15 is 0 Å². The zero-order chi connectivity index (χ0) is 14.1. The molecular weight excluding hydrogens is 266 g/mol. The topological polar surface area (TPSA) is 94.3 Å². The molecule has 0 spiro atoms. The third-order valence-electron chi connectivity index (χ3n) is 3.29. The van der Waals surface area contributed by atoms with Gasteiger partial charge < -0.3 is 5.11 Å². The summed E-state index contributed by atoms with van der Waals surface area (Å²) in [7, 11) is -3.72. The Balaban J connectivity index is 2.32. The molecule has 1 N–H and O–H groups in total. The Morgan fingerprint density at radius 2 is 2.11 bits per heavy atom. The average molecular weight is 281 g/mol. The van der Waals surface area contributed by atoms with Crippen LogP contribution in [0.5, 0.6) is 0 Å². The van der Waals surface area contributed by atoms with Gasteiger partial charge in [-0.25, -0.2) is 13.4 Å². The molecule has 1 aromatic heterocycles. The van der Waals surface area contributed by atoms with E-state index in [1.165, 1.54) is 22.6 Å². The van der Waals surface area contributed by atoms with Gasteiger partial charge in [-0.15, -0.1) is 0 Å². The second-order valence-electron chi connectivity index (χ2n) is 4.86. The lowest BCUT2D eigenvalue weighted by molar-refractivity contribution is 0.0126. The summed E-state index contributed by atoms with van der Waals surface area (Å²) >= 11 is 0. The number of aromatic nitrogens is 1. The third-order valence-corrected chi connectivity index (χ3v) is 5.22. The number of hydrogen-bond acceptors (Lipinski definition) is 5. The largest absolute Gasteiger partial charge is 0.390 e. The lowest BCUT2D eigenvalue weighted by atomic mass is 9.95. The molecular formula is C12H15N3O3S. The van der Waals surface area contributed by atoms with Gasteiger partial charge >= 0.3 is 0 Å². The molecule has 19 heavy (non-hydrogen) atoms. The van der Waals surface area contributed by atoms with Gasteiger partial charge in [0.05, 0.1) is 5.60 Å². The zero-order valence-corrected chi connectivity index (χ0v) is 11.4. The molecule has 2 rings (SSSR count). The molecule has 7 heteroatoms. The number of rotatable bonds is 2. The summed E-state index contributed by atoms with van der Waals surface area (Å²) in [5.74, 6) is 0. The van der Waals surface area contributed by atoms with Crippen molar-refractivity contribution in [2.24, 2.45) is 0 Å². The molecule has 1 aromatic rings. The maximum absolute atomic E-state index is 12.4. The van der Waals surface area contributed by atoms with E-state index in [4.69, 9.17) is 5.26 Å². The second kappa shape index (κ2) is 4.89. The second-order valence-corrected chi connectivity index (χ2v) is 6.77. The molecule has 1 saturated heterocycles. The van der Waals surface area contributed by atoms with Crippen LogP contribution in [0.3, 0.4) is 0 Å². The van der Waals surface area contributed by atoms with E-state index in [9.17, 15) is 13.5 Å². The number of nitrogens with zero attached hydrogens (tertiary/aromatic N) is 3. The van der Waals surface area contributed by atoms with E-state index < -0.39 is 15.6 Å². The molecule has 0 saturated carbocycles. The number of sulfonamides is 1. The summed E-state index contributed by atoms with van der Waals surface area (Å²) in [6.45, 7) is 2.19. The third kappa shape index (κ3) is 2.76. The van der Waals surface area contributed by atoms with Crippen molar-refractivity contribution in [3.63, 3.8) is 0 Å². The maximum atomic E-state index is 12.4. The van der Waals surface area contributed by atoms with Gasteiger partial charge in [-0.1, -0.05) is 0 Å². The molecule has 6 nitrogen and oxygen atoms in total. The highest BCUT2D eigenvalue weighted by molar-refractivity contribution is 7.89. The lowest BCUT2D eigenvalue weighted by Gasteiger charge is -2.34. The van der Waals surface area contributed by atoms with Gasteiger partial charge in [0.25, 0.3) is 0 Å². The van der Waals surface area contributed by atoms with Crippen LogP contribution in [0, 0.1) is 11.3 Å². The number of pyridine rings is 1. The van der Waals surface area contributed by atoms with Crippen LogP contribution in [0.25, 0.3) is 0 Å². The van der Waals surface area contributed by atoms with Gasteiger partial charge in [0.15, 0.2) is 5.69 Å². The van der Waals surface area contributed by atoms with Gasteiger partial charge in [0.1, 0.15) is 11.0 Å². The average Bonchev–Trinajstić information content (AvgIpc) is 2.38. The van der Waals surface area contributed by atoms with E-state index in [0.29, 0.717) is 12.8 Å². The van der Waals surface area contributed by atoms with Crippen LogP contribution in [0.2, 0.25) is 0 Å². The first-order chi connectivity index (χ1) is 8.87. The van der Waals surface area contributed by atoms with E-state index in [1.807, 2.05) is 0 Å². The Labute approximate surface area is 112 Å². The molecule has 0 amide bonds. The predicted octanol–water partition coefficient (Wildman–Crippen LogP) is 0.489. The summed E-state index contributed by atoms with van der Waals surface area (Å²) in [5.41, 5.74) is -0.918. The summed E-state index contributed by atoms with van der Waals surface area (Å²) in [6, 6.07) is 4.67. The van der Waals surface area contributed by atoms with E-state index in [-0.39, 0.29) is 23.7 Å². The standard InChI is InChI=1S/C12H15N3O3S/c1-12(16)4-7-15(8-5-12)19(17,18)11-3-2-6-14-10(11)9-13/h2-3,6,16H,4-5,7-8H2,1H3. The molecule has 1 aliphatic heterocycles. The zero-order valence-electron chi connectivity index (χ0n) is 10.6. The predicted molar refractivity (Wildman–Crippen MR) is 67.6 cm³/mol. The summed E-state index contributed by atoms with van der Waals surface area (Å²) in [4.78, 5) is 3.70. The first-order valence-corrected chi connectivity index (χ1v) is 7.38. The van der Waals surface area contributed by atoms with Crippen molar-refractivity contribution in [3.8, 4) is 6.07 Å². The Morgan fingerprint density at radius 1 is 1.47 bits per heavy atom. The van der Waals surface area contributed by atoms with Crippen LogP contribution in [0.4, 0.5) is 0 Å². The first kappa shape index (κ1) is 13.9. The van der Waals surface area contributed by atoms with Gasteiger partial charge in [0, 0.05) is 19.3 Å². The van der Waals surface area contributed by atoms with Crippen LogP contribution < -0.4 is 0 Å². The molecule has 0 atom stereocenters. The van der Waals surface area contributed by atoms with Gasteiger partial charge in [-0.05, 0) is 31.9 Å². The van der Waals surface area contributed by atoms with Gasteiger partial charge in [-0.2, -0.15) is 9.57 Å². The Morgan fingerprint density at radius 3 is 2.68 bits per heavy atom. The molecule has 0 radical (unpaired) electrons. The highest BCUT2D eigenvalue weighted by Gasteiger charge is 2.35. The first-order valence-electron chi connectivity index (χ1n) is 5.94. The number of hydrogen-bond donors (Lipinski definition) is 1. The van der Waals surface area contributed by atoms with E-state index in [2.05, 4.69) is 4.98 Å². The summed E-state index contributed by atoms with van der Waals surface area (Å²) in [5, 5.41) is 18.8. The maximum Gasteiger partial charge on any atom is 0.245 e. The number of piperidine rings is 1. The van der Waals surface area contributed by atoms with Crippen LogP contribution in [0.1, 0.15) is 25.5 Å². The molecule has 0 bridgehead atoms. The molecule has 0 aromatic carbocycles. The minimum Gasteiger partial charge on any atom is -0.390 e. The van der Waals surface area contributed by atoms with Crippen molar-refractivity contribution in [2.75, 3.05) is 13.1 Å². The molecule has 0 aliphatic carbocycles. The normalized spacial score (nSPS) is 19.8. The Bertz CT molecular complexity index is 609. The van der Waals surface area contributed by atoms with Gasteiger partial charge in [0.2, 0.25) is 10.0 Å². The highest BCUT2D eigenvalue weighted by Crippen LogP contribution is 2.26. The van der Waals surface area contributed by atoms with Crippen LogP contribution in [0.15, 0.2) is 23.2 Å². The Hall–Kier alpha value is -1.49. The summed E-state index contributed by atoms with van der Waals surface area (Å²) in [6.07, 6.45) is 2.15. The van der Waals surface area contributed by atoms with Crippen LogP contribution >= 0.6 is 0 Å². The fraction of sp³-hybridized carbons (Fsp3) is 0.500. The molecule has 2 heterocycles. The Kier molecular flexibility index (Phi) is 3.58. The van der Waals surface area contributed by atoms with Crippen molar-refractivity contribution in [2.45, 2.75) is 30.3 Å². The quantitative estimate of drug-likeness (QED) is 0.851. The smallest absolute Gasteiger partial charge is 0.245 e. The SMILES string of the molecule is CC1(O)CCN(S(=O)(=O)c2cccnc2C#N)CC1. The molecule has 102 valence electrons. The van der Waals surface area contributed by atoms with Crippen molar-refractivity contribution in [3.05, 3.63) is 24.0 Å². The lowest BCUT2D eigenvalue weighted by Crippen LogP contribution is -2.45. The van der Waals surface area contributed by atoms with Crippen molar-refractivity contribution < 1.29 is 13.5 Å². The van der Waals surface area contributed by atoms with Crippen LogP contribution in [-0.2, 0) is 10.0 Å². The number of aliphatic hydroxyl groups is 1. The highest BCUT2D eigenvalue weighted by atomic mass is 32.2. The van der Waals surface area contributed by atoms with E-state index in [1.54, 1.807) is 13.0 Å². The molecule has 1 aliphatic rings. The fourth-order valence-corrected chi connectivity index (χ4v) is 3.56. The minimum absolute atomic E-state index is 0.0703.